The van der Waals surface area contributed by atoms with Gasteiger partial charge < -0.3 is 14.5 Å². The van der Waals surface area contributed by atoms with Crippen LogP contribution in [0, 0.1) is 23.0 Å². The van der Waals surface area contributed by atoms with Crippen molar-refractivity contribution in [1.29, 1.82) is 5.26 Å². The topological polar surface area (TPSA) is 90.7 Å². The summed E-state index contributed by atoms with van der Waals surface area (Å²) in [5.41, 5.74) is -0.231. The van der Waals surface area contributed by atoms with Crippen molar-refractivity contribution >= 4 is 21.4 Å². The minimum absolute atomic E-state index is 0.00248. The van der Waals surface area contributed by atoms with Gasteiger partial charge in [0.25, 0.3) is 5.91 Å². The summed E-state index contributed by atoms with van der Waals surface area (Å²) in [4.78, 5) is 16.2. The number of halogens is 2. The number of hydrogen-bond acceptors (Lipinski definition) is 6. The Kier molecular flexibility index (Phi) is 6.69. The molecule has 170 valence electrons. The lowest BCUT2D eigenvalue weighted by atomic mass is 10.1. The van der Waals surface area contributed by atoms with Gasteiger partial charge in [-0.25, -0.2) is 17.2 Å². The van der Waals surface area contributed by atoms with Crippen molar-refractivity contribution in [2.75, 3.05) is 37.3 Å². The Morgan fingerprint density at radius 3 is 2.19 bits per heavy atom. The van der Waals surface area contributed by atoms with Gasteiger partial charge in [0.15, 0.2) is 21.5 Å². The molecule has 2 aromatic carbocycles. The first kappa shape index (κ1) is 23.5. The second-order valence-corrected chi connectivity index (χ2v) is 9.79. The molecule has 0 radical (unpaired) electrons. The molecule has 1 amide bonds. The molecule has 7 nitrogen and oxygen atoms in total. The van der Waals surface area contributed by atoms with Gasteiger partial charge in [-0.1, -0.05) is 0 Å². The molecule has 10 heteroatoms. The van der Waals surface area contributed by atoms with Gasteiger partial charge in [0, 0.05) is 32.4 Å². The maximum absolute atomic E-state index is 14.3. The molecule has 0 N–H and O–H groups in total. The van der Waals surface area contributed by atoms with Gasteiger partial charge >= 0.3 is 0 Å². The Morgan fingerprint density at radius 1 is 1.09 bits per heavy atom. The fourth-order valence-electron chi connectivity index (χ4n) is 3.50. The summed E-state index contributed by atoms with van der Waals surface area (Å²) in [7, 11) is -3.54. The molecule has 1 fully saturated rings. The van der Waals surface area contributed by atoms with E-state index in [4.69, 9.17) is 10.00 Å². The fourth-order valence-corrected chi connectivity index (χ4v) is 4.15. The van der Waals surface area contributed by atoms with Crippen molar-refractivity contribution in [1.82, 2.24) is 4.90 Å². The average Bonchev–Trinajstić information content (AvgIpc) is 2.72. The molecular formula is C22H23F2N3O4S. The van der Waals surface area contributed by atoms with E-state index in [9.17, 15) is 22.0 Å². The van der Waals surface area contributed by atoms with E-state index >= 15 is 0 Å². The van der Waals surface area contributed by atoms with Crippen LogP contribution in [0.25, 0.3) is 0 Å². The zero-order chi connectivity index (χ0) is 23.6. The maximum Gasteiger partial charge on any atom is 0.257 e. The fraction of sp³-hybridized carbons (Fsp3) is 0.364. The third-order valence-electron chi connectivity index (χ3n) is 5.00. The van der Waals surface area contributed by atoms with Crippen LogP contribution < -0.4 is 9.64 Å². The number of nitrogens with zero attached hydrogens (tertiary/aromatic N) is 3. The monoisotopic (exact) mass is 463 g/mol. The number of ether oxygens (including phenoxy) is 1. The van der Waals surface area contributed by atoms with Crippen LogP contribution in [0.5, 0.6) is 5.75 Å². The highest BCUT2D eigenvalue weighted by Crippen LogP contribution is 2.28. The first-order valence-corrected chi connectivity index (χ1v) is 11.8. The lowest BCUT2D eigenvalue weighted by Gasteiger charge is -2.36. The predicted octanol–water partition coefficient (Wildman–Crippen LogP) is 2.99. The summed E-state index contributed by atoms with van der Waals surface area (Å²) in [6, 6.07) is 7.80. The molecule has 1 aliphatic heterocycles. The maximum atomic E-state index is 14.3. The van der Waals surface area contributed by atoms with Crippen LogP contribution in [-0.2, 0) is 9.84 Å². The van der Waals surface area contributed by atoms with E-state index in [2.05, 4.69) is 0 Å². The summed E-state index contributed by atoms with van der Waals surface area (Å²) >= 11 is 0. The van der Waals surface area contributed by atoms with Crippen LogP contribution in [0.1, 0.15) is 29.8 Å². The van der Waals surface area contributed by atoms with Crippen molar-refractivity contribution in [3.8, 4) is 11.8 Å². The summed E-state index contributed by atoms with van der Waals surface area (Å²) in [6.07, 6.45) is 0.823. The highest BCUT2D eigenvalue weighted by molar-refractivity contribution is 7.90. The van der Waals surface area contributed by atoms with Crippen molar-refractivity contribution in [3.63, 3.8) is 0 Å². The van der Waals surface area contributed by atoms with Crippen LogP contribution in [0.2, 0.25) is 0 Å². The third-order valence-corrected chi connectivity index (χ3v) is 6.11. The number of amides is 1. The van der Waals surface area contributed by atoms with Gasteiger partial charge in [-0.3, -0.25) is 4.79 Å². The average molecular weight is 464 g/mol. The van der Waals surface area contributed by atoms with Crippen LogP contribution >= 0.6 is 0 Å². The second-order valence-electron chi connectivity index (χ2n) is 7.78. The second kappa shape index (κ2) is 9.12. The van der Waals surface area contributed by atoms with Gasteiger partial charge in [-0.15, -0.1) is 0 Å². The first-order chi connectivity index (χ1) is 15.0. The van der Waals surface area contributed by atoms with Crippen LogP contribution in [0.4, 0.5) is 14.5 Å². The van der Waals surface area contributed by atoms with Crippen LogP contribution in [0.3, 0.4) is 0 Å². The number of piperazine rings is 1. The van der Waals surface area contributed by atoms with E-state index in [1.165, 1.54) is 28.0 Å². The quantitative estimate of drug-likeness (QED) is 0.677. The van der Waals surface area contributed by atoms with Gasteiger partial charge in [-0.2, -0.15) is 5.26 Å². The zero-order valence-corrected chi connectivity index (χ0v) is 18.7. The van der Waals surface area contributed by atoms with Gasteiger partial charge in [0.05, 0.1) is 28.2 Å². The number of sulfone groups is 1. The van der Waals surface area contributed by atoms with Crippen LogP contribution in [0.15, 0.2) is 35.2 Å². The third kappa shape index (κ3) is 4.99. The number of benzene rings is 2. The summed E-state index contributed by atoms with van der Waals surface area (Å²) in [5, 5.41) is 8.85. The van der Waals surface area contributed by atoms with E-state index in [0.29, 0.717) is 0 Å². The Hall–Kier alpha value is -3.19. The number of rotatable bonds is 5. The molecule has 0 aromatic heterocycles. The highest BCUT2D eigenvalue weighted by Gasteiger charge is 2.28. The van der Waals surface area contributed by atoms with Gasteiger partial charge in [0.2, 0.25) is 0 Å². The lowest BCUT2D eigenvalue weighted by molar-refractivity contribution is 0.0740. The molecule has 0 unspecified atom stereocenters. The number of carbonyl (C=O) groups is 1. The zero-order valence-electron chi connectivity index (χ0n) is 17.9. The molecule has 0 atom stereocenters. The molecule has 1 aliphatic rings. The van der Waals surface area contributed by atoms with Gasteiger partial charge in [-0.05, 0) is 44.2 Å². The van der Waals surface area contributed by atoms with E-state index in [1.54, 1.807) is 19.9 Å². The normalized spacial score (nSPS) is 14.4. The van der Waals surface area contributed by atoms with Crippen molar-refractivity contribution in [3.05, 3.63) is 53.1 Å². The van der Waals surface area contributed by atoms with Gasteiger partial charge in [0.1, 0.15) is 11.4 Å². The van der Waals surface area contributed by atoms with E-state index in [1.807, 2.05) is 0 Å². The minimum atomic E-state index is -3.54. The number of carbonyl (C=O) groups excluding carboxylic acids is 1. The lowest BCUT2D eigenvalue weighted by Crippen LogP contribution is -2.49. The predicted molar refractivity (Wildman–Crippen MR) is 115 cm³/mol. The smallest absolute Gasteiger partial charge is 0.257 e. The Morgan fingerprint density at radius 2 is 1.69 bits per heavy atom. The number of hydrogen-bond donors (Lipinski definition) is 0. The Labute approximate surface area is 185 Å². The molecule has 2 aromatic rings. The SMILES string of the molecule is CC(C)Oc1ccc(S(C)(=O)=O)cc1C(=O)N1CCN(c2c(F)cc(C#N)cc2F)CC1. The summed E-state index contributed by atoms with van der Waals surface area (Å²) in [6.45, 7) is 4.25. The molecule has 1 saturated heterocycles. The van der Waals surface area contributed by atoms with Crippen molar-refractivity contribution < 1.29 is 26.7 Å². The Bertz CT molecular complexity index is 1160. The largest absolute Gasteiger partial charge is 0.490 e. The molecule has 32 heavy (non-hydrogen) atoms. The van der Waals surface area contributed by atoms with E-state index < -0.39 is 27.4 Å². The standard InChI is InChI=1S/C22H23F2N3O4S/c1-14(2)31-20-5-4-16(32(3,29)30)12-17(20)22(28)27-8-6-26(7-9-27)21-18(23)10-15(13-25)11-19(21)24/h4-5,10-12,14H,6-9H2,1-3H3. The summed E-state index contributed by atoms with van der Waals surface area (Å²) in [5.74, 6) is -1.83. The van der Waals surface area contributed by atoms with Crippen molar-refractivity contribution in [2.24, 2.45) is 0 Å². The van der Waals surface area contributed by atoms with Crippen LogP contribution in [-0.4, -0.2) is 57.8 Å². The summed E-state index contributed by atoms with van der Waals surface area (Å²) < 4.78 is 58.3. The molecule has 0 bridgehead atoms. The highest BCUT2D eigenvalue weighted by atomic mass is 32.2. The number of nitriles is 1. The molecule has 3 rings (SSSR count). The molecule has 0 aliphatic carbocycles. The molecular weight excluding hydrogens is 440 g/mol. The first-order valence-electron chi connectivity index (χ1n) is 9.95. The Balaban J connectivity index is 1.83. The molecule has 0 saturated carbocycles. The van der Waals surface area contributed by atoms with E-state index in [0.717, 1.165) is 18.4 Å². The minimum Gasteiger partial charge on any atom is -0.490 e. The van der Waals surface area contributed by atoms with E-state index in [-0.39, 0.29) is 59.7 Å². The molecule has 0 spiro atoms. The van der Waals surface area contributed by atoms with Crippen molar-refractivity contribution in [2.45, 2.75) is 24.8 Å². The number of anilines is 1. The molecule has 1 heterocycles.